The van der Waals surface area contributed by atoms with Crippen molar-refractivity contribution in [2.75, 3.05) is 27.4 Å². The first-order valence-electron chi connectivity index (χ1n) is 19.9. The summed E-state index contributed by atoms with van der Waals surface area (Å²) in [6, 6.07) is 5.88. The molecule has 6 aliphatic rings. The fourth-order valence-corrected chi connectivity index (χ4v) is 11.8. The van der Waals surface area contributed by atoms with Gasteiger partial charge in [-0.25, -0.2) is 0 Å². The Hall–Kier alpha value is -2.21. The minimum Gasteiger partial charge on any atom is -0.497 e. The summed E-state index contributed by atoms with van der Waals surface area (Å²) < 4.78 is 34.9. The fourth-order valence-electron chi connectivity index (χ4n) is 11.8. The molecular formula is C41H60O14. The van der Waals surface area contributed by atoms with Gasteiger partial charge in [0.1, 0.15) is 66.1 Å². The lowest BCUT2D eigenvalue weighted by Crippen LogP contribution is -2.65. The van der Waals surface area contributed by atoms with Crippen LogP contribution in [0.1, 0.15) is 77.2 Å². The van der Waals surface area contributed by atoms with Crippen LogP contribution < -0.4 is 9.47 Å². The van der Waals surface area contributed by atoms with Gasteiger partial charge in [-0.15, -0.1) is 0 Å². The number of carbonyl (C=O) groups is 1. The van der Waals surface area contributed by atoms with Crippen LogP contribution in [0.2, 0.25) is 0 Å². The van der Waals surface area contributed by atoms with Gasteiger partial charge in [-0.1, -0.05) is 25.5 Å². The number of hydrogen-bond donors (Lipinski definition) is 7. The van der Waals surface area contributed by atoms with Crippen molar-refractivity contribution < 1.29 is 69.0 Å². The molecule has 10 unspecified atom stereocenters. The normalized spacial score (nSPS) is 46.9. The molecule has 2 aliphatic heterocycles. The minimum atomic E-state index is -1.74. The van der Waals surface area contributed by atoms with Gasteiger partial charge in [0.15, 0.2) is 12.6 Å². The Morgan fingerprint density at radius 3 is 2.20 bits per heavy atom. The monoisotopic (exact) mass is 776 g/mol. The van der Waals surface area contributed by atoms with Crippen LogP contribution in [0.4, 0.5) is 0 Å². The number of allylic oxidation sites excluding steroid dienone is 1. The maximum atomic E-state index is 13.5. The van der Waals surface area contributed by atoms with Crippen LogP contribution in [0.25, 0.3) is 0 Å². The first-order valence-corrected chi connectivity index (χ1v) is 19.9. The Bertz CT molecular complexity index is 1570. The number of ketones is 1. The number of aliphatic hydroxyl groups is 7. The predicted octanol–water partition coefficient (Wildman–Crippen LogP) is 1.57. The highest BCUT2D eigenvalue weighted by molar-refractivity contribution is 5.81. The Labute approximate surface area is 322 Å². The second-order valence-corrected chi connectivity index (χ2v) is 17.3. The summed E-state index contributed by atoms with van der Waals surface area (Å²) in [6.45, 7) is 5.15. The number of rotatable bonds is 10. The zero-order chi connectivity index (χ0) is 39.6. The summed E-state index contributed by atoms with van der Waals surface area (Å²) in [5, 5.41) is 72.9. The number of ether oxygens (including phenoxy) is 6. The van der Waals surface area contributed by atoms with Crippen LogP contribution in [0.3, 0.4) is 0 Å². The Morgan fingerprint density at radius 1 is 0.836 bits per heavy atom. The molecule has 0 amide bonds. The summed E-state index contributed by atoms with van der Waals surface area (Å²) in [6.07, 6.45) is -6.96. The maximum absolute atomic E-state index is 13.5. The predicted molar refractivity (Wildman–Crippen MR) is 195 cm³/mol. The number of carbonyl (C=O) groups excluding carboxylic acids is 1. The van der Waals surface area contributed by atoms with Gasteiger partial charge in [-0.05, 0) is 105 Å². The second kappa shape index (κ2) is 15.9. The summed E-state index contributed by atoms with van der Waals surface area (Å²) in [5.74, 6) is 2.87. The van der Waals surface area contributed by atoms with Crippen molar-refractivity contribution in [3.05, 3.63) is 35.4 Å². The summed E-state index contributed by atoms with van der Waals surface area (Å²) >= 11 is 0. The van der Waals surface area contributed by atoms with Gasteiger partial charge in [0.25, 0.3) is 0 Å². The van der Waals surface area contributed by atoms with Gasteiger partial charge in [0.2, 0.25) is 0 Å². The lowest BCUT2D eigenvalue weighted by Gasteiger charge is -2.58. The fraction of sp³-hybridized carbons (Fsp3) is 0.780. The van der Waals surface area contributed by atoms with Crippen molar-refractivity contribution in [1.82, 2.24) is 0 Å². The first-order chi connectivity index (χ1) is 26.2. The Balaban J connectivity index is 1.04. The molecule has 308 valence electrons. The van der Waals surface area contributed by atoms with E-state index in [9.17, 15) is 40.5 Å². The van der Waals surface area contributed by atoms with Gasteiger partial charge >= 0.3 is 0 Å². The number of fused-ring (bicyclic) bond motifs is 5. The molecule has 0 aromatic heterocycles. The van der Waals surface area contributed by atoms with Crippen molar-refractivity contribution in [1.29, 1.82) is 0 Å². The van der Waals surface area contributed by atoms with Gasteiger partial charge in [0, 0.05) is 11.5 Å². The second-order valence-electron chi connectivity index (χ2n) is 17.3. The van der Waals surface area contributed by atoms with E-state index in [1.807, 2.05) is 18.2 Å². The molecule has 5 fully saturated rings. The van der Waals surface area contributed by atoms with Crippen molar-refractivity contribution in [3.63, 3.8) is 0 Å². The Kier molecular flexibility index (Phi) is 11.8. The minimum absolute atomic E-state index is 0.0286. The van der Waals surface area contributed by atoms with E-state index >= 15 is 0 Å². The van der Waals surface area contributed by atoms with Crippen molar-refractivity contribution in [3.8, 4) is 11.5 Å². The third-order valence-corrected chi connectivity index (χ3v) is 14.7. The molecule has 14 nitrogen and oxygen atoms in total. The average molecular weight is 777 g/mol. The average Bonchev–Trinajstić information content (AvgIpc) is 3.50. The van der Waals surface area contributed by atoms with Gasteiger partial charge in [-0.2, -0.15) is 0 Å². The maximum Gasteiger partial charge on any atom is 0.187 e. The number of Topliss-reactive ketones (excluding diaryl/α,β-unsaturated/α-hetero) is 1. The molecule has 55 heavy (non-hydrogen) atoms. The highest BCUT2D eigenvalue weighted by Gasteiger charge is 2.63. The zero-order valence-corrected chi connectivity index (χ0v) is 32.4. The van der Waals surface area contributed by atoms with E-state index < -0.39 is 74.6 Å². The molecule has 0 radical (unpaired) electrons. The van der Waals surface area contributed by atoms with Crippen molar-refractivity contribution >= 4 is 5.78 Å². The molecule has 1 aromatic rings. The lowest BCUT2D eigenvalue weighted by atomic mass is 9.47. The SMILES string of the molecule is COc1ccc(OC)c(C2CC3C4CC=C5CC(OC6O[C@H](CO)[C@@H](O[C@@H]7O[C@H](CO)[C@H](O)C(O)[C@H]7O)[C@H](O)[C@H]6O)CCC5(C)C4CCC3(C)C2C(C)=O)c1. The molecule has 1 aromatic carbocycles. The molecule has 3 saturated carbocycles. The number of benzene rings is 1. The van der Waals surface area contributed by atoms with Gasteiger partial charge in [0.05, 0.1) is 33.5 Å². The Morgan fingerprint density at radius 2 is 1.53 bits per heavy atom. The van der Waals surface area contributed by atoms with E-state index in [1.54, 1.807) is 21.1 Å². The van der Waals surface area contributed by atoms with E-state index in [2.05, 4.69) is 19.9 Å². The van der Waals surface area contributed by atoms with E-state index in [-0.39, 0.29) is 34.6 Å². The molecule has 2 heterocycles. The quantitative estimate of drug-likeness (QED) is 0.168. The molecule has 0 spiro atoms. The molecule has 2 saturated heterocycles. The molecule has 7 rings (SSSR count). The van der Waals surface area contributed by atoms with E-state index in [4.69, 9.17) is 28.4 Å². The van der Waals surface area contributed by atoms with Crippen LogP contribution in [0, 0.1) is 34.5 Å². The van der Waals surface area contributed by atoms with Crippen LogP contribution in [-0.4, -0.2) is 136 Å². The third kappa shape index (κ3) is 6.96. The van der Waals surface area contributed by atoms with Crippen molar-refractivity contribution in [2.45, 2.75) is 139 Å². The van der Waals surface area contributed by atoms with Crippen LogP contribution >= 0.6 is 0 Å². The number of hydrogen-bond acceptors (Lipinski definition) is 14. The van der Waals surface area contributed by atoms with E-state index in [1.165, 1.54) is 5.57 Å². The smallest absolute Gasteiger partial charge is 0.187 e. The van der Waals surface area contributed by atoms with E-state index in [0.717, 1.165) is 49.2 Å². The number of methoxy groups -OCH3 is 2. The first kappa shape index (κ1) is 41.0. The number of aliphatic hydroxyl groups excluding tert-OH is 7. The molecule has 0 bridgehead atoms. The lowest BCUT2D eigenvalue weighted by molar-refractivity contribution is -0.363. The molecule has 4 aliphatic carbocycles. The zero-order valence-electron chi connectivity index (χ0n) is 32.4. The van der Waals surface area contributed by atoms with Gasteiger partial charge in [-0.3, -0.25) is 4.79 Å². The topological polar surface area (TPSA) is 214 Å². The van der Waals surface area contributed by atoms with E-state index in [0.29, 0.717) is 30.6 Å². The molecule has 7 N–H and O–H groups in total. The molecule has 18 atom stereocenters. The highest BCUT2D eigenvalue weighted by atomic mass is 16.7. The van der Waals surface area contributed by atoms with Crippen LogP contribution in [-0.2, 0) is 23.7 Å². The van der Waals surface area contributed by atoms with Crippen LogP contribution in [0.15, 0.2) is 29.8 Å². The molecular weight excluding hydrogens is 716 g/mol. The van der Waals surface area contributed by atoms with Crippen LogP contribution in [0.5, 0.6) is 11.5 Å². The van der Waals surface area contributed by atoms with Crippen molar-refractivity contribution in [2.24, 2.45) is 34.5 Å². The standard InChI is InChI=1S/C41H60O14/c1-19(44)31-25(24-15-21(50-4)7-9-28(24)51-5)16-27-23-8-6-20-14-22(10-12-40(20,2)26(23)11-13-41(27,31)3)52-38-36(49)34(47)37(30(18-43)54-38)55-39-35(48)33(46)32(45)29(17-42)53-39/h6-7,9,15,22-23,25-27,29-39,42-43,45-49H,8,10-14,16-18H2,1-5H3/t22?,23?,25?,26?,27?,29-,30-,31?,32+,33?,34-,35-,36-,37-,38?,39+,40?,41?/m1/s1. The molecule has 14 heteroatoms. The highest BCUT2D eigenvalue weighted by Crippen LogP contribution is 2.69. The summed E-state index contributed by atoms with van der Waals surface area (Å²) in [5.41, 5.74) is 2.15. The van der Waals surface area contributed by atoms with Gasteiger partial charge < -0.3 is 64.2 Å². The largest absolute Gasteiger partial charge is 0.497 e. The third-order valence-electron chi connectivity index (χ3n) is 14.7. The summed E-state index contributed by atoms with van der Waals surface area (Å²) in [4.78, 5) is 13.5. The summed E-state index contributed by atoms with van der Waals surface area (Å²) in [7, 11) is 3.33.